The summed E-state index contributed by atoms with van der Waals surface area (Å²) in [5.74, 6) is -0.128. The number of nitrogens with two attached hydrogens (primary N) is 1. The molecular weight excluding hydrogens is 242 g/mol. The summed E-state index contributed by atoms with van der Waals surface area (Å²) in [6.07, 6.45) is 4.34. The molecule has 3 atom stereocenters. The van der Waals surface area contributed by atoms with Crippen molar-refractivity contribution in [3.63, 3.8) is 0 Å². The minimum absolute atomic E-state index is 0.0147. The first-order valence-electron chi connectivity index (χ1n) is 7.52. The van der Waals surface area contributed by atoms with Crippen LogP contribution in [0.1, 0.15) is 32.6 Å². The summed E-state index contributed by atoms with van der Waals surface area (Å²) in [5.41, 5.74) is 5.51. The number of amides is 1. The van der Waals surface area contributed by atoms with E-state index in [0.29, 0.717) is 6.04 Å². The van der Waals surface area contributed by atoms with Crippen LogP contribution in [0.3, 0.4) is 0 Å². The van der Waals surface area contributed by atoms with Crippen LogP contribution in [0.25, 0.3) is 0 Å². The van der Waals surface area contributed by atoms with E-state index < -0.39 is 0 Å². The van der Waals surface area contributed by atoms with Gasteiger partial charge in [0.25, 0.3) is 0 Å². The van der Waals surface area contributed by atoms with Gasteiger partial charge in [-0.15, -0.1) is 0 Å². The smallest absolute Gasteiger partial charge is 0.222 e. The average molecular weight is 269 g/mol. The highest BCUT2D eigenvalue weighted by Gasteiger charge is 2.30. The third kappa shape index (κ3) is 4.44. The normalized spacial score (nSPS) is 31.0. The van der Waals surface area contributed by atoms with E-state index in [9.17, 15) is 4.79 Å². The number of hydrogen-bond acceptors (Lipinski definition) is 4. The Hall–Kier alpha value is -0.650. The summed E-state index contributed by atoms with van der Waals surface area (Å²) >= 11 is 0. The SMILES string of the molecule is C[C@H](CN1CCOCC1)N[C@@H]1CCCC[C@H]1C(N)=O. The Morgan fingerprint density at radius 2 is 2.05 bits per heavy atom. The molecule has 1 aliphatic heterocycles. The monoisotopic (exact) mass is 269 g/mol. The van der Waals surface area contributed by atoms with Crippen molar-refractivity contribution in [1.82, 2.24) is 10.2 Å². The molecule has 0 unspecified atom stereocenters. The highest BCUT2D eigenvalue weighted by atomic mass is 16.5. The second kappa shape index (κ2) is 7.22. The third-order valence-electron chi connectivity index (χ3n) is 4.27. The zero-order valence-electron chi connectivity index (χ0n) is 11.9. The molecule has 1 saturated heterocycles. The molecule has 5 heteroatoms. The van der Waals surface area contributed by atoms with Crippen LogP contribution < -0.4 is 11.1 Å². The van der Waals surface area contributed by atoms with Gasteiger partial charge in [-0.25, -0.2) is 0 Å². The van der Waals surface area contributed by atoms with Crippen LogP contribution in [0.4, 0.5) is 0 Å². The number of primary amides is 1. The lowest BCUT2D eigenvalue weighted by Crippen LogP contribution is -2.52. The Morgan fingerprint density at radius 3 is 2.74 bits per heavy atom. The fourth-order valence-electron chi connectivity index (χ4n) is 3.26. The molecule has 2 fully saturated rings. The number of nitrogens with one attached hydrogen (secondary N) is 1. The molecule has 0 aromatic heterocycles. The first-order chi connectivity index (χ1) is 9.16. The number of ether oxygens (including phenoxy) is 1. The van der Waals surface area contributed by atoms with Crippen molar-refractivity contribution in [3.8, 4) is 0 Å². The van der Waals surface area contributed by atoms with E-state index in [1.165, 1.54) is 6.42 Å². The lowest BCUT2D eigenvalue weighted by molar-refractivity contribution is -0.123. The molecule has 0 spiro atoms. The second-order valence-electron chi connectivity index (χ2n) is 5.88. The highest BCUT2D eigenvalue weighted by Crippen LogP contribution is 2.24. The summed E-state index contributed by atoms with van der Waals surface area (Å²) in [7, 11) is 0. The molecule has 0 aromatic carbocycles. The number of carbonyl (C=O) groups excluding carboxylic acids is 1. The molecule has 1 aliphatic carbocycles. The van der Waals surface area contributed by atoms with Gasteiger partial charge >= 0.3 is 0 Å². The molecule has 2 rings (SSSR count). The maximum atomic E-state index is 11.5. The number of nitrogens with zero attached hydrogens (tertiary/aromatic N) is 1. The predicted molar refractivity (Wildman–Crippen MR) is 74.8 cm³/mol. The minimum Gasteiger partial charge on any atom is -0.379 e. The molecule has 0 bridgehead atoms. The highest BCUT2D eigenvalue weighted by molar-refractivity contribution is 5.77. The number of rotatable bonds is 5. The van der Waals surface area contributed by atoms with E-state index >= 15 is 0 Å². The van der Waals surface area contributed by atoms with Crippen LogP contribution in [0.15, 0.2) is 0 Å². The van der Waals surface area contributed by atoms with Gasteiger partial charge in [0.05, 0.1) is 19.1 Å². The van der Waals surface area contributed by atoms with Gasteiger partial charge in [-0.05, 0) is 19.8 Å². The Bertz CT molecular complexity index is 292. The summed E-state index contributed by atoms with van der Waals surface area (Å²) in [4.78, 5) is 13.9. The maximum absolute atomic E-state index is 11.5. The molecule has 5 nitrogen and oxygen atoms in total. The zero-order chi connectivity index (χ0) is 13.7. The quantitative estimate of drug-likeness (QED) is 0.755. The number of hydrogen-bond donors (Lipinski definition) is 2. The molecule has 1 saturated carbocycles. The predicted octanol–water partition coefficient (Wildman–Crippen LogP) is 0.341. The van der Waals surface area contributed by atoms with Crippen molar-refractivity contribution in [3.05, 3.63) is 0 Å². The lowest BCUT2D eigenvalue weighted by atomic mass is 9.83. The summed E-state index contributed by atoms with van der Waals surface area (Å²) < 4.78 is 5.36. The van der Waals surface area contributed by atoms with Crippen LogP contribution in [-0.4, -0.2) is 55.7 Å². The molecule has 3 N–H and O–H groups in total. The van der Waals surface area contributed by atoms with Crippen LogP contribution >= 0.6 is 0 Å². The minimum atomic E-state index is -0.143. The standard InChI is InChI=1S/C14H27N3O2/c1-11(10-17-6-8-19-9-7-17)16-13-5-3-2-4-12(13)14(15)18/h11-13,16H,2-10H2,1H3,(H2,15,18)/t11-,12-,13-/m1/s1. The largest absolute Gasteiger partial charge is 0.379 e. The van der Waals surface area contributed by atoms with Gasteiger partial charge in [-0.2, -0.15) is 0 Å². The molecule has 2 aliphatic rings. The molecule has 0 radical (unpaired) electrons. The van der Waals surface area contributed by atoms with Gasteiger partial charge in [0.1, 0.15) is 0 Å². The molecule has 1 heterocycles. The van der Waals surface area contributed by atoms with Crippen LogP contribution in [0, 0.1) is 5.92 Å². The number of morpholine rings is 1. The second-order valence-corrected chi connectivity index (χ2v) is 5.88. The van der Waals surface area contributed by atoms with E-state index in [-0.39, 0.29) is 17.9 Å². The van der Waals surface area contributed by atoms with E-state index in [4.69, 9.17) is 10.5 Å². The third-order valence-corrected chi connectivity index (χ3v) is 4.27. The van der Waals surface area contributed by atoms with Crippen molar-refractivity contribution < 1.29 is 9.53 Å². The van der Waals surface area contributed by atoms with Crippen molar-refractivity contribution in [1.29, 1.82) is 0 Å². The van der Waals surface area contributed by atoms with Gasteiger partial charge < -0.3 is 15.8 Å². The van der Waals surface area contributed by atoms with E-state index in [2.05, 4.69) is 17.1 Å². The van der Waals surface area contributed by atoms with E-state index in [0.717, 1.165) is 52.1 Å². The van der Waals surface area contributed by atoms with Crippen LogP contribution in [0.5, 0.6) is 0 Å². The first-order valence-corrected chi connectivity index (χ1v) is 7.52. The topological polar surface area (TPSA) is 67.6 Å². The van der Waals surface area contributed by atoms with Gasteiger partial charge in [-0.3, -0.25) is 9.69 Å². The van der Waals surface area contributed by atoms with Crippen LogP contribution in [-0.2, 0) is 9.53 Å². The molecule has 0 aromatic rings. The van der Waals surface area contributed by atoms with Crippen molar-refractivity contribution >= 4 is 5.91 Å². The Balaban J connectivity index is 1.79. The van der Waals surface area contributed by atoms with E-state index in [1.54, 1.807) is 0 Å². The summed E-state index contributed by atoms with van der Waals surface area (Å²) in [6, 6.07) is 0.658. The number of carbonyl (C=O) groups is 1. The zero-order valence-corrected chi connectivity index (χ0v) is 11.9. The maximum Gasteiger partial charge on any atom is 0.222 e. The van der Waals surface area contributed by atoms with Crippen molar-refractivity contribution in [2.24, 2.45) is 11.7 Å². The van der Waals surface area contributed by atoms with Gasteiger partial charge in [0.2, 0.25) is 5.91 Å². The fraction of sp³-hybridized carbons (Fsp3) is 0.929. The molecular formula is C14H27N3O2. The van der Waals surface area contributed by atoms with Gasteiger partial charge in [0, 0.05) is 31.7 Å². The Kier molecular flexibility index (Phi) is 5.60. The summed E-state index contributed by atoms with van der Waals surface area (Å²) in [6.45, 7) is 6.90. The lowest BCUT2D eigenvalue weighted by Gasteiger charge is -2.35. The Morgan fingerprint density at radius 1 is 1.37 bits per heavy atom. The van der Waals surface area contributed by atoms with Gasteiger partial charge in [-0.1, -0.05) is 12.8 Å². The molecule has 110 valence electrons. The van der Waals surface area contributed by atoms with Crippen LogP contribution in [0.2, 0.25) is 0 Å². The van der Waals surface area contributed by atoms with Gasteiger partial charge in [0.15, 0.2) is 0 Å². The Labute approximate surface area is 115 Å². The average Bonchev–Trinajstić information content (AvgIpc) is 2.40. The first kappa shape index (κ1) is 14.8. The van der Waals surface area contributed by atoms with Crippen molar-refractivity contribution in [2.45, 2.75) is 44.7 Å². The van der Waals surface area contributed by atoms with E-state index in [1.807, 2.05) is 0 Å². The molecule has 19 heavy (non-hydrogen) atoms. The molecule has 1 amide bonds. The van der Waals surface area contributed by atoms with Crippen molar-refractivity contribution in [2.75, 3.05) is 32.8 Å². The fourth-order valence-corrected chi connectivity index (χ4v) is 3.26. The summed E-state index contributed by atoms with van der Waals surface area (Å²) in [5, 5.41) is 3.61.